The van der Waals surface area contributed by atoms with Crippen LogP contribution in [0.15, 0.2) is 41.0 Å². The van der Waals surface area contributed by atoms with Crippen LogP contribution in [-0.2, 0) is 4.79 Å². The number of hydrogen-bond donors (Lipinski definition) is 1. The van der Waals surface area contributed by atoms with E-state index in [1.54, 1.807) is 33.3 Å². The van der Waals surface area contributed by atoms with E-state index < -0.39 is 11.9 Å². The van der Waals surface area contributed by atoms with Crippen molar-refractivity contribution in [3.05, 3.63) is 47.9 Å². The first-order chi connectivity index (χ1) is 13.0. The zero-order valence-corrected chi connectivity index (χ0v) is 15.7. The third-order valence-corrected chi connectivity index (χ3v) is 4.79. The van der Waals surface area contributed by atoms with Crippen molar-refractivity contribution in [2.75, 3.05) is 20.8 Å². The van der Waals surface area contributed by atoms with Gasteiger partial charge < -0.3 is 24.1 Å². The summed E-state index contributed by atoms with van der Waals surface area (Å²) in [5, 5.41) is 2.70. The van der Waals surface area contributed by atoms with Crippen LogP contribution in [-0.4, -0.2) is 43.5 Å². The Kier molecular flexibility index (Phi) is 5.69. The Bertz CT molecular complexity index is 803. The molecule has 0 radical (unpaired) electrons. The van der Waals surface area contributed by atoms with Crippen molar-refractivity contribution in [3.8, 4) is 11.5 Å². The smallest absolute Gasteiger partial charge is 0.287 e. The van der Waals surface area contributed by atoms with Gasteiger partial charge in [0.15, 0.2) is 17.3 Å². The van der Waals surface area contributed by atoms with Crippen molar-refractivity contribution >= 4 is 11.8 Å². The predicted octanol–water partition coefficient (Wildman–Crippen LogP) is 2.78. The highest BCUT2D eigenvalue weighted by Crippen LogP contribution is 2.37. The molecule has 0 bridgehead atoms. The molecule has 0 aliphatic carbocycles. The van der Waals surface area contributed by atoms with Crippen LogP contribution < -0.4 is 14.8 Å². The molecular formula is C20H24N2O5. The van der Waals surface area contributed by atoms with Crippen LogP contribution in [0.4, 0.5) is 0 Å². The molecule has 2 aromatic rings. The molecule has 7 nitrogen and oxygen atoms in total. The SMILES string of the molecule is COc1ccc(C2CCCN2C(=O)C(C)NC(=O)c2ccco2)cc1OC. The van der Waals surface area contributed by atoms with Crippen LogP contribution in [0.25, 0.3) is 0 Å². The van der Waals surface area contributed by atoms with Gasteiger partial charge in [0.25, 0.3) is 5.91 Å². The fraction of sp³-hybridized carbons (Fsp3) is 0.400. The van der Waals surface area contributed by atoms with Gasteiger partial charge in [0, 0.05) is 6.54 Å². The number of rotatable bonds is 6. The normalized spacial score (nSPS) is 17.4. The van der Waals surface area contributed by atoms with Crippen LogP contribution in [0.5, 0.6) is 11.5 Å². The van der Waals surface area contributed by atoms with E-state index in [0.29, 0.717) is 18.0 Å². The summed E-state index contributed by atoms with van der Waals surface area (Å²) in [6.45, 7) is 2.34. The molecule has 2 amide bonds. The lowest BCUT2D eigenvalue weighted by Crippen LogP contribution is -2.46. The molecule has 3 rings (SSSR count). The highest BCUT2D eigenvalue weighted by atomic mass is 16.5. The van der Waals surface area contributed by atoms with E-state index in [1.807, 2.05) is 23.1 Å². The van der Waals surface area contributed by atoms with Crippen molar-refractivity contribution in [1.29, 1.82) is 0 Å². The number of benzene rings is 1. The standard InChI is InChI=1S/C20H24N2O5/c1-13(21-19(23)17-7-5-11-27-17)20(24)22-10-4-6-15(22)14-8-9-16(25-2)18(12-14)26-3/h5,7-9,11-13,15H,4,6,10H2,1-3H3,(H,21,23). The Balaban J connectivity index is 1.73. The van der Waals surface area contributed by atoms with E-state index in [1.165, 1.54) is 6.26 Å². The van der Waals surface area contributed by atoms with Gasteiger partial charge in [-0.25, -0.2) is 0 Å². The molecule has 0 saturated carbocycles. The minimum absolute atomic E-state index is 0.0553. The van der Waals surface area contributed by atoms with Crippen molar-refractivity contribution in [2.45, 2.75) is 31.8 Å². The summed E-state index contributed by atoms with van der Waals surface area (Å²) in [6.07, 6.45) is 3.19. The van der Waals surface area contributed by atoms with Crippen LogP contribution in [0.3, 0.4) is 0 Å². The third-order valence-electron chi connectivity index (χ3n) is 4.79. The zero-order chi connectivity index (χ0) is 19.4. The number of nitrogens with one attached hydrogen (secondary N) is 1. The first kappa shape index (κ1) is 18.8. The van der Waals surface area contributed by atoms with Gasteiger partial charge in [-0.3, -0.25) is 9.59 Å². The van der Waals surface area contributed by atoms with Gasteiger partial charge in [0.2, 0.25) is 5.91 Å². The van der Waals surface area contributed by atoms with Crippen molar-refractivity contribution in [2.24, 2.45) is 0 Å². The molecule has 144 valence electrons. The molecule has 1 aromatic heterocycles. The molecule has 2 unspecified atom stereocenters. The zero-order valence-electron chi connectivity index (χ0n) is 15.7. The van der Waals surface area contributed by atoms with Gasteiger partial charge in [-0.15, -0.1) is 0 Å². The molecule has 27 heavy (non-hydrogen) atoms. The number of likely N-dealkylation sites (tertiary alicyclic amines) is 1. The number of nitrogens with zero attached hydrogens (tertiary/aromatic N) is 1. The fourth-order valence-electron chi connectivity index (χ4n) is 3.42. The number of hydrogen-bond acceptors (Lipinski definition) is 5. The predicted molar refractivity (Wildman–Crippen MR) is 98.9 cm³/mol. The molecule has 7 heteroatoms. The summed E-state index contributed by atoms with van der Waals surface area (Å²) in [5.74, 6) is 0.951. The number of amides is 2. The van der Waals surface area contributed by atoms with Gasteiger partial charge in [0.05, 0.1) is 26.5 Å². The lowest BCUT2D eigenvalue weighted by Gasteiger charge is -2.28. The summed E-state index contributed by atoms with van der Waals surface area (Å²) in [6, 6.07) is 8.19. The minimum Gasteiger partial charge on any atom is -0.493 e. The molecule has 2 heterocycles. The second kappa shape index (κ2) is 8.16. The Morgan fingerprint density at radius 3 is 2.67 bits per heavy atom. The molecule has 1 aliphatic rings. The van der Waals surface area contributed by atoms with Crippen molar-refractivity contribution in [3.63, 3.8) is 0 Å². The topological polar surface area (TPSA) is 81.0 Å². The molecule has 0 spiro atoms. The number of methoxy groups -OCH3 is 2. The summed E-state index contributed by atoms with van der Waals surface area (Å²) < 4.78 is 15.7. The Labute approximate surface area is 158 Å². The number of carbonyl (C=O) groups excluding carboxylic acids is 2. The second-order valence-corrected chi connectivity index (χ2v) is 6.48. The molecule has 1 N–H and O–H groups in total. The fourth-order valence-corrected chi connectivity index (χ4v) is 3.42. The second-order valence-electron chi connectivity index (χ2n) is 6.48. The average molecular weight is 372 g/mol. The Morgan fingerprint density at radius 1 is 1.22 bits per heavy atom. The summed E-state index contributed by atoms with van der Waals surface area (Å²) in [7, 11) is 3.18. The van der Waals surface area contributed by atoms with E-state index in [0.717, 1.165) is 18.4 Å². The van der Waals surface area contributed by atoms with E-state index in [2.05, 4.69) is 5.32 Å². The number of ether oxygens (including phenoxy) is 2. The van der Waals surface area contributed by atoms with Crippen LogP contribution in [0.1, 0.15) is 41.9 Å². The highest BCUT2D eigenvalue weighted by Gasteiger charge is 2.33. The maximum absolute atomic E-state index is 12.9. The molecule has 2 atom stereocenters. The highest BCUT2D eigenvalue weighted by molar-refractivity contribution is 5.95. The summed E-state index contributed by atoms with van der Waals surface area (Å²) in [5.41, 5.74) is 0.989. The average Bonchev–Trinajstić information content (AvgIpc) is 3.38. The number of carbonyl (C=O) groups is 2. The third kappa shape index (κ3) is 3.92. The largest absolute Gasteiger partial charge is 0.493 e. The van der Waals surface area contributed by atoms with E-state index >= 15 is 0 Å². The van der Waals surface area contributed by atoms with Gasteiger partial charge in [-0.05, 0) is 49.6 Å². The molecule has 1 fully saturated rings. The maximum Gasteiger partial charge on any atom is 0.287 e. The van der Waals surface area contributed by atoms with E-state index in [9.17, 15) is 9.59 Å². The van der Waals surface area contributed by atoms with Gasteiger partial charge in [-0.1, -0.05) is 6.07 Å². The van der Waals surface area contributed by atoms with Gasteiger partial charge in [0.1, 0.15) is 6.04 Å². The van der Waals surface area contributed by atoms with Gasteiger partial charge in [-0.2, -0.15) is 0 Å². The molecule has 1 aliphatic heterocycles. The lowest BCUT2D eigenvalue weighted by molar-refractivity contribution is -0.133. The molecule has 1 saturated heterocycles. The van der Waals surface area contributed by atoms with Crippen molar-refractivity contribution in [1.82, 2.24) is 10.2 Å². The summed E-state index contributed by atoms with van der Waals surface area (Å²) >= 11 is 0. The quantitative estimate of drug-likeness (QED) is 0.843. The van der Waals surface area contributed by atoms with Crippen LogP contribution in [0.2, 0.25) is 0 Å². The molecule has 1 aromatic carbocycles. The van der Waals surface area contributed by atoms with Crippen molar-refractivity contribution < 1.29 is 23.5 Å². The monoisotopic (exact) mass is 372 g/mol. The number of furan rings is 1. The van der Waals surface area contributed by atoms with Crippen LogP contribution >= 0.6 is 0 Å². The Hall–Kier alpha value is -2.96. The lowest BCUT2D eigenvalue weighted by atomic mass is 10.0. The van der Waals surface area contributed by atoms with Crippen LogP contribution in [0, 0.1) is 0 Å². The van der Waals surface area contributed by atoms with E-state index in [4.69, 9.17) is 13.9 Å². The van der Waals surface area contributed by atoms with E-state index in [-0.39, 0.29) is 17.7 Å². The first-order valence-electron chi connectivity index (χ1n) is 8.92. The first-order valence-corrected chi connectivity index (χ1v) is 8.92. The van der Waals surface area contributed by atoms with Gasteiger partial charge >= 0.3 is 0 Å². The minimum atomic E-state index is -0.650. The molecular weight excluding hydrogens is 348 g/mol. The summed E-state index contributed by atoms with van der Waals surface area (Å²) in [4.78, 5) is 26.9. The Morgan fingerprint density at radius 2 is 2.00 bits per heavy atom. The maximum atomic E-state index is 12.9.